The van der Waals surface area contributed by atoms with E-state index in [1.54, 1.807) is 7.11 Å². The summed E-state index contributed by atoms with van der Waals surface area (Å²) >= 11 is 3.43. The molecule has 0 fully saturated rings. The van der Waals surface area contributed by atoms with E-state index in [9.17, 15) is 4.79 Å². The Hall–Kier alpha value is -1.27. The topological polar surface area (TPSA) is 73.6 Å². The summed E-state index contributed by atoms with van der Waals surface area (Å²) in [6.07, 6.45) is 2.32. The Balaban J connectivity index is 2.75. The van der Waals surface area contributed by atoms with Gasteiger partial charge in [-0.3, -0.25) is 4.79 Å². The van der Waals surface area contributed by atoms with Crippen molar-refractivity contribution in [1.82, 2.24) is 5.32 Å². The number of amides is 1. The maximum atomic E-state index is 10.8. The highest BCUT2D eigenvalue weighted by molar-refractivity contribution is 9.10. The number of carbonyl (C=O) groups excluding carboxylic acids is 1. The lowest BCUT2D eigenvalue weighted by atomic mass is 10.2. The van der Waals surface area contributed by atoms with Crippen LogP contribution in [-0.2, 0) is 11.3 Å². The van der Waals surface area contributed by atoms with Gasteiger partial charge in [0.1, 0.15) is 0 Å². The number of rotatable bonds is 9. The number of nitrogens with one attached hydrogen (secondary N) is 1. The molecule has 0 saturated heterocycles. The molecular weight excluding hydrogens is 324 g/mol. The highest BCUT2D eigenvalue weighted by Gasteiger charge is 2.12. The van der Waals surface area contributed by atoms with Crippen LogP contribution in [0.5, 0.6) is 11.5 Å². The monoisotopic (exact) mass is 344 g/mol. The number of carbonyl (C=O) groups is 1. The Morgan fingerprint density at radius 3 is 2.80 bits per heavy atom. The molecular formula is C14H21BrN2O3. The lowest BCUT2D eigenvalue weighted by Gasteiger charge is -2.14. The van der Waals surface area contributed by atoms with Crippen LogP contribution in [0.1, 0.15) is 25.3 Å². The molecule has 112 valence electrons. The number of unbranched alkanes of at least 4 members (excludes halogenated alkanes) is 1. The first-order valence-electron chi connectivity index (χ1n) is 6.56. The molecule has 1 aromatic rings. The van der Waals surface area contributed by atoms with E-state index < -0.39 is 5.91 Å². The molecule has 6 heteroatoms. The van der Waals surface area contributed by atoms with Crippen LogP contribution < -0.4 is 20.5 Å². The Bertz CT molecular complexity index is 452. The first kappa shape index (κ1) is 16.8. The van der Waals surface area contributed by atoms with Crippen molar-refractivity contribution in [3.63, 3.8) is 0 Å². The molecule has 0 radical (unpaired) electrons. The van der Waals surface area contributed by atoms with Crippen LogP contribution in [0.3, 0.4) is 0 Å². The second-order valence-corrected chi connectivity index (χ2v) is 5.25. The van der Waals surface area contributed by atoms with Gasteiger partial charge in [0, 0.05) is 6.54 Å². The normalized spacial score (nSPS) is 10.3. The summed E-state index contributed by atoms with van der Waals surface area (Å²) in [6.45, 7) is 3.72. The zero-order valence-electron chi connectivity index (χ0n) is 11.9. The van der Waals surface area contributed by atoms with Crippen molar-refractivity contribution in [1.29, 1.82) is 0 Å². The zero-order valence-corrected chi connectivity index (χ0v) is 13.5. The number of primary amides is 1. The minimum Gasteiger partial charge on any atom is -0.493 e. The predicted octanol–water partition coefficient (Wildman–Crippen LogP) is 2.21. The molecule has 1 amide bonds. The average molecular weight is 345 g/mol. The third kappa shape index (κ3) is 5.38. The minimum atomic E-state index is -0.524. The van der Waals surface area contributed by atoms with Crippen molar-refractivity contribution in [2.45, 2.75) is 26.3 Å². The fraction of sp³-hybridized carbons (Fsp3) is 0.500. The Morgan fingerprint density at radius 1 is 1.45 bits per heavy atom. The molecule has 20 heavy (non-hydrogen) atoms. The van der Waals surface area contributed by atoms with Crippen molar-refractivity contribution in [2.75, 3.05) is 20.3 Å². The van der Waals surface area contributed by atoms with Gasteiger partial charge in [-0.2, -0.15) is 0 Å². The summed E-state index contributed by atoms with van der Waals surface area (Å²) in [5, 5.41) is 3.36. The van der Waals surface area contributed by atoms with E-state index in [1.807, 2.05) is 12.1 Å². The van der Waals surface area contributed by atoms with Crippen LogP contribution in [0, 0.1) is 0 Å². The van der Waals surface area contributed by atoms with E-state index >= 15 is 0 Å². The number of benzene rings is 1. The maximum Gasteiger partial charge on any atom is 0.255 e. The Labute approximate surface area is 127 Å². The van der Waals surface area contributed by atoms with Gasteiger partial charge in [0.05, 0.1) is 11.6 Å². The summed E-state index contributed by atoms with van der Waals surface area (Å²) in [4.78, 5) is 10.8. The van der Waals surface area contributed by atoms with Crippen LogP contribution in [0.4, 0.5) is 0 Å². The third-order valence-corrected chi connectivity index (χ3v) is 3.27. The van der Waals surface area contributed by atoms with Crippen molar-refractivity contribution in [3.8, 4) is 11.5 Å². The minimum absolute atomic E-state index is 0.178. The van der Waals surface area contributed by atoms with E-state index in [-0.39, 0.29) is 6.61 Å². The molecule has 0 aliphatic carbocycles. The molecule has 0 spiro atoms. The van der Waals surface area contributed by atoms with Crippen LogP contribution in [-0.4, -0.2) is 26.2 Å². The Morgan fingerprint density at radius 2 is 2.20 bits per heavy atom. The molecule has 3 N–H and O–H groups in total. The molecule has 0 aliphatic heterocycles. The highest BCUT2D eigenvalue weighted by Crippen LogP contribution is 2.36. The standard InChI is InChI=1S/C14H21BrN2O3/c1-3-4-5-17-8-10-6-11(15)14(12(7-10)19-2)20-9-13(16)18/h6-7,17H,3-5,8-9H2,1-2H3,(H2,16,18). The van der Waals surface area contributed by atoms with Crippen LogP contribution >= 0.6 is 15.9 Å². The summed E-state index contributed by atoms with van der Waals surface area (Å²) in [7, 11) is 1.56. The maximum absolute atomic E-state index is 10.8. The molecule has 0 unspecified atom stereocenters. The third-order valence-electron chi connectivity index (χ3n) is 2.68. The summed E-state index contributed by atoms with van der Waals surface area (Å²) in [5.74, 6) is 0.542. The summed E-state index contributed by atoms with van der Waals surface area (Å²) in [5.41, 5.74) is 6.16. The van der Waals surface area contributed by atoms with E-state index in [1.165, 1.54) is 6.42 Å². The van der Waals surface area contributed by atoms with Gasteiger partial charge in [0.15, 0.2) is 18.1 Å². The van der Waals surface area contributed by atoms with E-state index in [4.69, 9.17) is 15.2 Å². The summed E-state index contributed by atoms with van der Waals surface area (Å²) in [6, 6.07) is 3.83. The van der Waals surface area contributed by atoms with Gasteiger partial charge < -0.3 is 20.5 Å². The number of nitrogens with two attached hydrogens (primary N) is 1. The molecule has 0 aliphatic rings. The lowest BCUT2D eigenvalue weighted by molar-refractivity contribution is -0.119. The fourth-order valence-electron chi connectivity index (χ4n) is 1.69. The van der Waals surface area contributed by atoms with Crippen LogP contribution in [0.2, 0.25) is 0 Å². The first-order chi connectivity index (χ1) is 9.58. The quantitative estimate of drug-likeness (QED) is 0.673. The lowest BCUT2D eigenvalue weighted by Crippen LogP contribution is -2.20. The SMILES string of the molecule is CCCCNCc1cc(Br)c(OCC(N)=O)c(OC)c1. The van der Waals surface area contributed by atoms with E-state index in [2.05, 4.69) is 28.2 Å². The van der Waals surface area contributed by atoms with Crippen molar-refractivity contribution >= 4 is 21.8 Å². The van der Waals surface area contributed by atoms with Gasteiger partial charge in [0.2, 0.25) is 0 Å². The van der Waals surface area contributed by atoms with Gasteiger partial charge >= 0.3 is 0 Å². The van der Waals surface area contributed by atoms with Crippen molar-refractivity contribution in [2.24, 2.45) is 5.73 Å². The molecule has 5 nitrogen and oxygen atoms in total. The molecule has 1 rings (SSSR count). The van der Waals surface area contributed by atoms with Crippen LogP contribution in [0.15, 0.2) is 16.6 Å². The van der Waals surface area contributed by atoms with Gasteiger partial charge in [-0.15, -0.1) is 0 Å². The second-order valence-electron chi connectivity index (χ2n) is 4.39. The molecule has 0 saturated carbocycles. The number of ether oxygens (including phenoxy) is 2. The fourth-order valence-corrected chi connectivity index (χ4v) is 2.30. The number of halogens is 1. The summed E-state index contributed by atoms with van der Waals surface area (Å²) < 4.78 is 11.4. The largest absolute Gasteiger partial charge is 0.493 e. The Kier molecular flexibility index (Phi) is 7.40. The van der Waals surface area contributed by atoms with Gasteiger partial charge in [0.25, 0.3) is 5.91 Å². The van der Waals surface area contributed by atoms with E-state index in [0.717, 1.165) is 29.5 Å². The number of methoxy groups -OCH3 is 1. The smallest absolute Gasteiger partial charge is 0.255 e. The van der Waals surface area contributed by atoms with Crippen molar-refractivity contribution < 1.29 is 14.3 Å². The van der Waals surface area contributed by atoms with Gasteiger partial charge in [-0.1, -0.05) is 13.3 Å². The molecule has 0 bridgehead atoms. The zero-order chi connectivity index (χ0) is 15.0. The first-order valence-corrected chi connectivity index (χ1v) is 7.36. The molecule has 0 aromatic heterocycles. The van der Waals surface area contributed by atoms with Gasteiger partial charge in [-0.25, -0.2) is 0 Å². The molecule has 0 heterocycles. The van der Waals surface area contributed by atoms with Gasteiger partial charge in [-0.05, 0) is 46.6 Å². The van der Waals surface area contributed by atoms with E-state index in [0.29, 0.717) is 11.5 Å². The predicted molar refractivity (Wildman–Crippen MR) is 82.0 cm³/mol. The second kappa shape index (κ2) is 8.81. The number of hydrogen-bond donors (Lipinski definition) is 2. The molecule has 1 aromatic carbocycles. The average Bonchev–Trinajstić information content (AvgIpc) is 2.41. The number of hydrogen-bond acceptors (Lipinski definition) is 4. The van der Waals surface area contributed by atoms with Crippen LogP contribution in [0.25, 0.3) is 0 Å². The molecule has 0 atom stereocenters. The van der Waals surface area contributed by atoms with Crippen molar-refractivity contribution in [3.05, 3.63) is 22.2 Å². The highest BCUT2D eigenvalue weighted by atomic mass is 79.9.